The standard InChI is InChI=1S/C11H29NO3Si2/c1-8-16(9-2,10-3)12(4)11-17(13-5,14-6)15-7/h8-11H2,1-7H3. The Morgan fingerprint density at radius 2 is 1.18 bits per heavy atom. The minimum Gasteiger partial charge on any atom is -0.376 e. The largest absolute Gasteiger partial charge is 0.514 e. The van der Waals surface area contributed by atoms with E-state index < -0.39 is 17.0 Å². The van der Waals surface area contributed by atoms with Crippen LogP contribution in [0.2, 0.25) is 18.1 Å². The van der Waals surface area contributed by atoms with E-state index in [1.54, 1.807) is 21.3 Å². The molecule has 0 aromatic carbocycles. The van der Waals surface area contributed by atoms with Gasteiger partial charge >= 0.3 is 8.80 Å². The molecule has 0 saturated carbocycles. The SMILES string of the molecule is CC[Si](CC)(CC)N(C)C[Si](OC)(OC)OC. The number of hydrogen-bond acceptors (Lipinski definition) is 4. The van der Waals surface area contributed by atoms with Crippen LogP contribution in [0.1, 0.15) is 20.8 Å². The molecule has 0 amide bonds. The Balaban J connectivity index is 4.85. The summed E-state index contributed by atoms with van der Waals surface area (Å²) < 4.78 is 19.0. The molecule has 0 fully saturated rings. The van der Waals surface area contributed by atoms with Gasteiger partial charge < -0.3 is 17.8 Å². The molecule has 0 aliphatic carbocycles. The van der Waals surface area contributed by atoms with Crippen molar-refractivity contribution in [1.82, 2.24) is 4.57 Å². The van der Waals surface area contributed by atoms with Crippen molar-refractivity contribution >= 4 is 17.0 Å². The van der Waals surface area contributed by atoms with Crippen LogP contribution in [0.4, 0.5) is 0 Å². The molecule has 0 bridgehead atoms. The summed E-state index contributed by atoms with van der Waals surface area (Å²) in [6, 6.07) is 3.79. The van der Waals surface area contributed by atoms with Gasteiger partial charge in [0.25, 0.3) is 0 Å². The van der Waals surface area contributed by atoms with Crippen molar-refractivity contribution in [2.75, 3.05) is 34.5 Å². The summed E-state index contributed by atoms with van der Waals surface area (Å²) >= 11 is 0. The lowest BCUT2D eigenvalue weighted by molar-refractivity contribution is 0.115. The second-order valence-corrected chi connectivity index (χ2v) is 12.7. The molecule has 0 aromatic heterocycles. The van der Waals surface area contributed by atoms with Gasteiger partial charge in [0.15, 0.2) is 0 Å². The molecule has 6 heteroatoms. The fourth-order valence-corrected chi connectivity index (χ4v) is 8.97. The molecule has 0 radical (unpaired) electrons. The maximum atomic E-state index is 5.51. The lowest BCUT2D eigenvalue weighted by atomic mass is 10.9. The van der Waals surface area contributed by atoms with E-state index in [2.05, 4.69) is 32.4 Å². The van der Waals surface area contributed by atoms with Gasteiger partial charge in [0.1, 0.15) is 8.24 Å². The van der Waals surface area contributed by atoms with Gasteiger partial charge in [-0.25, -0.2) is 0 Å². The van der Waals surface area contributed by atoms with E-state index in [1.807, 2.05) is 0 Å². The topological polar surface area (TPSA) is 30.9 Å². The fourth-order valence-electron chi connectivity index (χ4n) is 2.46. The van der Waals surface area contributed by atoms with Gasteiger partial charge in [-0.2, -0.15) is 0 Å². The maximum absolute atomic E-state index is 5.51. The third kappa shape index (κ3) is 3.87. The number of nitrogens with zero attached hydrogens (tertiary/aromatic N) is 1. The molecule has 0 aliphatic rings. The van der Waals surface area contributed by atoms with Crippen molar-refractivity contribution < 1.29 is 13.3 Å². The smallest absolute Gasteiger partial charge is 0.376 e. The van der Waals surface area contributed by atoms with Crippen LogP contribution in [-0.2, 0) is 13.3 Å². The Bertz CT molecular complexity index is 192. The molecule has 0 heterocycles. The van der Waals surface area contributed by atoms with Crippen LogP contribution < -0.4 is 0 Å². The third-order valence-electron chi connectivity index (χ3n) is 4.15. The minimum atomic E-state index is -2.48. The lowest BCUT2D eigenvalue weighted by Gasteiger charge is -2.41. The van der Waals surface area contributed by atoms with Gasteiger partial charge in [-0.3, -0.25) is 0 Å². The van der Waals surface area contributed by atoms with Gasteiger partial charge in [0.2, 0.25) is 0 Å². The third-order valence-corrected chi connectivity index (χ3v) is 12.9. The zero-order valence-corrected chi connectivity index (χ0v) is 14.5. The van der Waals surface area contributed by atoms with Gasteiger partial charge in [-0.1, -0.05) is 20.8 Å². The highest BCUT2D eigenvalue weighted by molar-refractivity contribution is 6.78. The highest BCUT2D eigenvalue weighted by atomic mass is 28.4. The Labute approximate surface area is 109 Å². The molecule has 0 spiro atoms. The normalized spacial score (nSPS) is 13.4. The second kappa shape index (κ2) is 7.65. The fraction of sp³-hybridized carbons (Fsp3) is 1.00. The molecule has 0 unspecified atom stereocenters. The summed E-state index contributed by atoms with van der Waals surface area (Å²) in [5.41, 5.74) is 0. The Morgan fingerprint density at radius 3 is 1.41 bits per heavy atom. The first kappa shape index (κ1) is 17.3. The molecule has 4 nitrogen and oxygen atoms in total. The molecular weight excluding hydrogens is 250 g/mol. The molecule has 0 rings (SSSR count). The second-order valence-electron chi connectivity index (χ2n) is 4.44. The zero-order chi connectivity index (χ0) is 13.5. The Hall–Kier alpha value is 0.274. The molecule has 0 N–H and O–H groups in total. The van der Waals surface area contributed by atoms with Crippen LogP contribution in [0.25, 0.3) is 0 Å². The Kier molecular flexibility index (Phi) is 7.78. The monoisotopic (exact) mass is 279 g/mol. The average molecular weight is 280 g/mol. The summed E-state index contributed by atoms with van der Waals surface area (Å²) in [5, 5.41) is 0. The van der Waals surface area contributed by atoms with Gasteiger partial charge in [-0.15, -0.1) is 0 Å². The molecule has 104 valence electrons. The van der Waals surface area contributed by atoms with Crippen molar-refractivity contribution in [3.8, 4) is 0 Å². The van der Waals surface area contributed by atoms with E-state index in [0.717, 1.165) is 6.17 Å². The van der Waals surface area contributed by atoms with E-state index in [-0.39, 0.29) is 0 Å². The van der Waals surface area contributed by atoms with Crippen LogP contribution >= 0.6 is 0 Å². The van der Waals surface area contributed by atoms with E-state index in [1.165, 1.54) is 18.1 Å². The highest BCUT2D eigenvalue weighted by Gasteiger charge is 2.44. The number of rotatable bonds is 9. The van der Waals surface area contributed by atoms with E-state index in [0.29, 0.717) is 0 Å². The van der Waals surface area contributed by atoms with Crippen molar-refractivity contribution in [3.63, 3.8) is 0 Å². The van der Waals surface area contributed by atoms with Crippen LogP contribution in [0.5, 0.6) is 0 Å². The molecular formula is C11H29NO3Si2. The summed E-state index contributed by atoms with van der Waals surface area (Å²) in [5.74, 6) is 0. The molecule has 0 aromatic rings. The quantitative estimate of drug-likeness (QED) is 0.606. The summed E-state index contributed by atoms with van der Waals surface area (Å²) in [6.07, 6.45) is 0.790. The molecule has 17 heavy (non-hydrogen) atoms. The van der Waals surface area contributed by atoms with E-state index in [9.17, 15) is 0 Å². The predicted octanol–water partition coefficient (Wildman–Crippen LogP) is 2.34. The van der Waals surface area contributed by atoms with Crippen molar-refractivity contribution in [3.05, 3.63) is 0 Å². The predicted molar refractivity (Wildman–Crippen MR) is 76.6 cm³/mol. The summed E-state index contributed by atoms with van der Waals surface area (Å²) in [4.78, 5) is 0. The van der Waals surface area contributed by atoms with Crippen molar-refractivity contribution in [2.45, 2.75) is 38.9 Å². The van der Waals surface area contributed by atoms with Crippen molar-refractivity contribution in [1.29, 1.82) is 0 Å². The van der Waals surface area contributed by atoms with Crippen LogP contribution in [-0.4, -0.2) is 56.2 Å². The van der Waals surface area contributed by atoms with Crippen LogP contribution in [0.3, 0.4) is 0 Å². The van der Waals surface area contributed by atoms with Gasteiger partial charge in [0.05, 0.1) is 6.17 Å². The first-order valence-electron chi connectivity index (χ1n) is 6.36. The Morgan fingerprint density at radius 1 is 0.824 bits per heavy atom. The summed E-state index contributed by atoms with van der Waals surface area (Å²) in [6.45, 7) is 6.89. The highest BCUT2D eigenvalue weighted by Crippen LogP contribution is 2.25. The lowest BCUT2D eigenvalue weighted by Crippen LogP contribution is -2.60. The van der Waals surface area contributed by atoms with Crippen LogP contribution in [0.15, 0.2) is 0 Å². The number of hydrogen-bond donors (Lipinski definition) is 0. The van der Waals surface area contributed by atoms with E-state index in [4.69, 9.17) is 13.3 Å². The maximum Gasteiger partial charge on any atom is 0.514 e. The summed E-state index contributed by atoms with van der Waals surface area (Å²) in [7, 11) is 3.41. The first-order chi connectivity index (χ1) is 7.99. The average Bonchev–Trinajstić information content (AvgIpc) is 2.39. The zero-order valence-electron chi connectivity index (χ0n) is 12.5. The molecule has 0 saturated heterocycles. The van der Waals surface area contributed by atoms with E-state index >= 15 is 0 Å². The van der Waals surface area contributed by atoms with Gasteiger partial charge in [-0.05, 0) is 25.2 Å². The molecule has 0 atom stereocenters. The van der Waals surface area contributed by atoms with Crippen LogP contribution in [0, 0.1) is 0 Å². The van der Waals surface area contributed by atoms with Gasteiger partial charge in [0, 0.05) is 21.3 Å². The molecule has 0 aliphatic heterocycles. The minimum absolute atomic E-state index is 0.790. The first-order valence-corrected chi connectivity index (χ1v) is 10.9. The van der Waals surface area contributed by atoms with Crippen molar-refractivity contribution in [2.24, 2.45) is 0 Å².